The summed E-state index contributed by atoms with van der Waals surface area (Å²) in [7, 11) is 0. The number of hydrogen-bond acceptors (Lipinski definition) is 3. The first-order valence-corrected chi connectivity index (χ1v) is 23.8. The second-order valence-corrected chi connectivity index (χ2v) is 22.5. The van der Waals surface area contributed by atoms with Gasteiger partial charge >= 0.3 is 0 Å². The standard InChI is InChI=1S/C63H70N3O.Pt/c1-39(2)44-35-51(40(3)4)58(67)53(36-44)59-65-57-50(22-19-23-56(57)66(59)55-29-28-48(63(14,15)62(11,12)13)38-52(55)42-20-17-16-18-21-42)45-32-46(34-49(33-45)61(8,9)10)54-37-43(30-31-64-54)41-24-26-47(27-25-41)60(5,6)7;/h16-31,33-40,67H,1-15H3;/q-1;/i39D,40D;. The molecule has 4 nitrogen and oxygen atoms in total. The third-order valence-electron chi connectivity index (χ3n) is 14.2. The van der Waals surface area contributed by atoms with Gasteiger partial charge in [0.1, 0.15) is 11.6 Å². The summed E-state index contributed by atoms with van der Waals surface area (Å²) in [6.45, 7) is 32.1. The number of aromatic nitrogens is 3. The maximum atomic E-state index is 12.5. The Morgan fingerprint density at radius 3 is 1.84 bits per heavy atom. The van der Waals surface area contributed by atoms with E-state index in [2.05, 4.69) is 196 Å². The smallest absolute Gasteiger partial charge is 0.148 e. The summed E-state index contributed by atoms with van der Waals surface area (Å²) in [6, 6.07) is 48.6. The normalized spacial score (nSPS) is 13.3. The zero-order chi connectivity index (χ0) is 50.2. The number of imidazole rings is 1. The van der Waals surface area contributed by atoms with Crippen LogP contribution in [-0.4, -0.2) is 19.6 Å². The van der Waals surface area contributed by atoms with Gasteiger partial charge in [-0.1, -0.05) is 200 Å². The van der Waals surface area contributed by atoms with Crippen LogP contribution < -0.4 is 0 Å². The molecule has 0 bridgehead atoms. The molecule has 2 aromatic heterocycles. The van der Waals surface area contributed by atoms with Gasteiger partial charge in [0.25, 0.3) is 0 Å². The van der Waals surface area contributed by atoms with E-state index in [1.54, 1.807) is 13.8 Å². The quantitative estimate of drug-likeness (QED) is 0.147. The van der Waals surface area contributed by atoms with Gasteiger partial charge in [-0.25, -0.2) is 4.98 Å². The van der Waals surface area contributed by atoms with Gasteiger partial charge in [0, 0.05) is 41.3 Å². The van der Waals surface area contributed by atoms with E-state index in [-0.39, 0.29) is 48.5 Å². The molecule has 1 N–H and O–H groups in total. The number of pyridine rings is 1. The van der Waals surface area contributed by atoms with Crippen molar-refractivity contribution < 1.29 is 28.9 Å². The molecule has 0 unspecified atom stereocenters. The number of phenolic OH excluding ortho intramolecular Hbond substituents is 1. The second-order valence-electron chi connectivity index (χ2n) is 22.5. The molecular weight excluding hydrogens is 1010 g/mol. The predicted octanol–water partition coefficient (Wildman–Crippen LogP) is 17.4. The average Bonchev–Trinajstić information content (AvgIpc) is 3.67. The zero-order valence-electron chi connectivity index (χ0n) is 44.8. The SMILES string of the molecule is [2H]C(C)(C)c1cc(-c2nc3c(-c4[c-]c(-c5cc(-c6ccc(C(C)(C)C)cc6)ccn5)cc(C(C)(C)C)c4)cccc3n2-c2ccc(C(C)(C)C(C)(C)C)cc2-c2ccccc2)c(O)c(C([2H])(C)C)c1.[Pt]. The average molecular weight is 1080 g/mol. The number of rotatable bonds is 9. The van der Waals surface area contributed by atoms with Gasteiger partial charge in [-0.05, 0) is 103 Å². The topological polar surface area (TPSA) is 50.9 Å². The maximum Gasteiger partial charge on any atom is 0.148 e. The van der Waals surface area contributed by atoms with Gasteiger partial charge in [0.05, 0.1) is 22.3 Å². The van der Waals surface area contributed by atoms with E-state index in [9.17, 15) is 7.85 Å². The molecule has 0 atom stereocenters. The minimum Gasteiger partial charge on any atom is -0.507 e. The number of aromatic hydroxyl groups is 1. The summed E-state index contributed by atoms with van der Waals surface area (Å²) in [5.41, 5.74) is 15.1. The van der Waals surface area contributed by atoms with Crippen LogP contribution in [0.5, 0.6) is 5.75 Å². The molecule has 0 spiro atoms. The molecule has 8 rings (SSSR count). The summed E-state index contributed by atoms with van der Waals surface area (Å²) < 4.78 is 20.6. The predicted molar refractivity (Wildman–Crippen MR) is 285 cm³/mol. The van der Waals surface area contributed by atoms with Crippen LogP contribution in [0.3, 0.4) is 0 Å². The minimum atomic E-state index is -1.17. The number of phenols is 1. The molecule has 8 aromatic rings. The second kappa shape index (κ2) is 18.7. The molecule has 6 aromatic carbocycles. The first-order valence-electron chi connectivity index (χ1n) is 24.8. The van der Waals surface area contributed by atoms with Crippen molar-refractivity contribution in [2.24, 2.45) is 5.41 Å². The van der Waals surface area contributed by atoms with E-state index >= 15 is 0 Å². The van der Waals surface area contributed by atoms with Crippen LogP contribution in [0.2, 0.25) is 0 Å². The molecule has 0 aliphatic carbocycles. The molecule has 0 saturated carbocycles. The Hall–Kier alpha value is -5.57. The van der Waals surface area contributed by atoms with E-state index in [0.29, 0.717) is 22.5 Å². The largest absolute Gasteiger partial charge is 0.507 e. The Morgan fingerprint density at radius 1 is 0.574 bits per heavy atom. The van der Waals surface area contributed by atoms with Crippen LogP contribution in [-0.2, 0) is 37.3 Å². The molecule has 354 valence electrons. The molecule has 0 fully saturated rings. The van der Waals surface area contributed by atoms with Crippen molar-refractivity contribution in [1.82, 2.24) is 14.5 Å². The Bertz CT molecular complexity index is 3200. The van der Waals surface area contributed by atoms with Crippen LogP contribution in [0.4, 0.5) is 0 Å². The summed E-state index contributed by atoms with van der Waals surface area (Å²) in [6.07, 6.45) is 1.89. The summed E-state index contributed by atoms with van der Waals surface area (Å²) in [5, 5.41) is 12.5. The molecular formula is C63H70N3OPt-. The summed E-state index contributed by atoms with van der Waals surface area (Å²) >= 11 is 0. The Morgan fingerprint density at radius 2 is 1.22 bits per heavy atom. The van der Waals surface area contributed by atoms with Gasteiger partial charge in [0.2, 0.25) is 0 Å². The monoisotopic (exact) mass is 1080 g/mol. The first kappa shape index (κ1) is 47.5. The van der Waals surface area contributed by atoms with E-state index in [1.165, 1.54) is 11.1 Å². The minimum absolute atomic E-state index is 0. The number of benzene rings is 6. The third kappa shape index (κ3) is 9.69. The fourth-order valence-corrected chi connectivity index (χ4v) is 8.82. The van der Waals surface area contributed by atoms with Crippen LogP contribution in [0.1, 0.15) is 146 Å². The van der Waals surface area contributed by atoms with E-state index in [4.69, 9.17) is 9.97 Å². The van der Waals surface area contributed by atoms with Gasteiger partial charge in [-0.15, -0.1) is 29.3 Å². The van der Waals surface area contributed by atoms with Crippen LogP contribution in [0.15, 0.2) is 134 Å². The summed E-state index contributed by atoms with van der Waals surface area (Å²) in [4.78, 5) is 10.5. The summed E-state index contributed by atoms with van der Waals surface area (Å²) in [5.74, 6) is -1.70. The molecule has 2 heterocycles. The van der Waals surface area contributed by atoms with Crippen molar-refractivity contribution in [1.29, 1.82) is 0 Å². The maximum absolute atomic E-state index is 12.5. The molecule has 0 amide bonds. The molecule has 0 saturated heterocycles. The van der Waals surface area contributed by atoms with Gasteiger partial charge < -0.3 is 5.11 Å². The van der Waals surface area contributed by atoms with Crippen molar-refractivity contribution in [2.45, 2.75) is 132 Å². The Balaban J connectivity index is 0.00000722. The fourth-order valence-electron chi connectivity index (χ4n) is 8.82. The zero-order valence-corrected chi connectivity index (χ0v) is 45.1. The van der Waals surface area contributed by atoms with E-state index < -0.39 is 11.8 Å². The van der Waals surface area contributed by atoms with Crippen molar-refractivity contribution in [3.63, 3.8) is 0 Å². The van der Waals surface area contributed by atoms with Gasteiger partial charge in [-0.2, -0.15) is 0 Å². The Kier molecular flexibility index (Phi) is 13.1. The first-order chi connectivity index (χ1) is 32.0. The number of fused-ring (bicyclic) bond motifs is 1. The van der Waals surface area contributed by atoms with Crippen LogP contribution in [0.25, 0.3) is 72.7 Å². The van der Waals surface area contributed by atoms with Crippen molar-refractivity contribution in [3.05, 3.63) is 167 Å². The van der Waals surface area contributed by atoms with Crippen molar-refractivity contribution in [3.8, 4) is 67.5 Å². The molecule has 0 aliphatic heterocycles. The number of para-hydroxylation sites is 1. The van der Waals surface area contributed by atoms with Gasteiger partial charge in [0.15, 0.2) is 0 Å². The molecule has 0 radical (unpaired) electrons. The number of hydrogen-bond donors (Lipinski definition) is 1. The molecule has 5 heteroatoms. The molecule has 0 aliphatic rings. The van der Waals surface area contributed by atoms with E-state index in [0.717, 1.165) is 66.9 Å². The Labute approximate surface area is 424 Å². The molecule has 68 heavy (non-hydrogen) atoms. The number of nitrogens with zero attached hydrogens (tertiary/aromatic N) is 3. The fraction of sp³-hybridized carbons (Fsp3) is 0.333. The van der Waals surface area contributed by atoms with E-state index in [1.807, 2.05) is 38.2 Å². The van der Waals surface area contributed by atoms with Gasteiger partial charge in [-0.3, -0.25) is 9.55 Å². The van der Waals surface area contributed by atoms with Crippen LogP contribution in [0, 0.1) is 11.5 Å². The van der Waals surface area contributed by atoms with Crippen LogP contribution >= 0.6 is 0 Å². The third-order valence-corrected chi connectivity index (χ3v) is 14.2. The van der Waals surface area contributed by atoms with Crippen molar-refractivity contribution >= 4 is 11.0 Å². The van der Waals surface area contributed by atoms with Crippen molar-refractivity contribution in [2.75, 3.05) is 0 Å².